The SMILES string of the molecule is CCCCc1nnc(-c2cc3ccccc3n2Cc2ccccc2Cl)o1. The zero-order valence-corrected chi connectivity index (χ0v) is 15.4. The van der Waals surface area contributed by atoms with E-state index in [2.05, 4.69) is 39.9 Å². The van der Waals surface area contributed by atoms with Crippen molar-refractivity contribution >= 4 is 22.5 Å². The van der Waals surface area contributed by atoms with Crippen LogP contribution in [-0.4, -0.2) is 14.8 Å². The van der Waals surface area contributed by atoms with Gasteiger partial charge in [0.25, 0.3) is 5.89 Å². The Morgan fingerprint density at radius 1 is 1.04 bits per heavy atom. The van der Waals surface area contributed by atoms with Gasteiger partial charge in [0.2, 0.25) is 5.89 Å². The monoisotopic (exact) mass is 365 g/mol. The van der Waals surface area contributed by atoms with Crippen LogP contribution < -0.4 is 0 Å². The fourth-order valence-corrected chi connectivity index (χ4v) is 3.34. The minimum absolute atomic E-state index is 0.555. The normalized spacial score (nSPS) is 11.3. The largest absolute Gasteiger partial charge is 0.419 e. The highest BCUT2D eigenvalue weighted by atomic mass is 35.5. The van der Waals surface area contributed by atoms with Crippen molar-refractivity contribution < 1.29 is 4.42 Å². The van der Waals surface area contributed by atoms with Crippen LogP contribution in [0.25, 0.3) is 22.5 Å². The highest BCUT2D eigenvalue weighted by molar-refractivity contribution is 6.31. The van der Waals surface area contributed by atoms with E-state index in [1.54, 1.807) is 0 Å². The molecule has 2 aromatic carbocycles. The molecule has 4 rings (SSSR count). The average Bonchev–Trinajstić information content (AvgIpc) is 3.27. The van der Waals surface area contributed by atoms with Crippen molar-refractivity contribution in [1.82, 2.24) is 14.8 Å². The predicted molar refractivity (Wildman–Crippen MR) is 104 cm³/mol. The fourth-order valence-electron chi connectivity index (χ4n) is 3.14. The van der Waals surface area contributed by atoms with Gasteiger partial charge in [-0.3, -0.25) is 0 Å². The van der Waals surface area contributed by atoms with Gasteiger partial charge in [0.15, 0.2) is 0 Å². The number of hydrogen-bond acceptors (Lipinski definition) is 3. The van der Waals surface area contributed by atoms with Gasteiger partial charge in [0, 0.05) is 28.9 Å². The van der Waals surface area contributed by atoms with E-state index in [-0.39, 0.29) is 0 Å². The average molecular weight is 366 g/mol. The zero-order chi connectivity index (χ0) is 17.9. The van der Waals surface area contributed by atoms with Crippen LogP contribution in [0.1, 0.15) is 31.2 Å². The van der Waals surface area contributed by atoms with Crippen molar-refractivity contribution in [2.75, 3.05) is 0 Å². The molecule has 132 valence electrons. The first-order chi connectivity index (χ1) is 12.8. The molecule has 5 heteroatoms. The van der Waals surface area contributed by atoms with Crippen LogP contribution in [0.3, 0.4) is 0 Å². The van der Waals surface area contributed by atoms with Gasteiger partial charge in [0.1, 0.15) is 5.69 Å². The number of fused-ring (bicyclic) bond motifs is 1. The number of para-hydroxylation sites is 1. The second-order valence-electron chi connectivity index (χ2n) is 6.37. The first-order valence-corrected chi connectivity index (χ1v) is 9.28. The molecule has 0 aliphatic carbocycles. The Kier molecular flexibility index (Phi) is 4.76. The van der Waals surface area contributed by atoms with Crippen LogP contribution >= 0.6 is 11.6 Å². The van der Waals surface area contributed by atoms with Crippen LogP contribution in [0, 0.1) is 0 Å². The molecule has 2 heterocycles. The number of aromatic nitrogens is 3. The molecule has 0 spiro atoms. The summed E-state index contributed by atoms with van der Waals surface area (Å²) in [7, 11) is 0. The minimum Gasteiger partial charge on any atom is -0.419 e. The molecule has 0 fully saturated rings. The standard InChI is InChI=1S/C21H20ClN3O/c1-2-3-12-20-23-24-21(26-20)19-13-15-8-5-7-11-18(15)25(19)14-16-9-4-6-10-17(16)22/h4-11,13H,2-3,12,14H2,1H3. The molecule has 0 atom stereocenters. The van der Waals surface area contributed by atoms with E-state index in [1.807, 2.05) is 36.4 Å². The quantitative estimate of drug-likeness (QED) is 0.438. The van der Waals surface area contributed by atoms with Gasteiger partial charge in [-0.1, -0.05) is 61.3 Å². The van der Waals surface area contributed by atoms with Gasteiger partial charge in [0.05, 0.1) is 0 Å². The molecule has 0 aliphatic heterocycles. The molecule has 4 nitrogen and oxygen atoms in total. The lowest BCUT2D eigenvalue weighted by molar-refractivity contribution is 0.492. The van der Waals surface area contributed by atoms with Crippen LogP contribution in [0.15, 0.2) is 59.0 Å². The molecule has 0 N–H and O–H groups in total. The lowest BCUT2D eigenvalue weighted by atomic mass is 10.2. The molecule has 0 aliphatic rings. The first kappa shape index (κ1) is 16.9. The molecular formula is C21H20ClN3O. The molecule has 2 aromatic heterocycles. The second kappa shape index (κ2) is 7.34. The Labute approximate surface area is 157 Å². The summed E-state index contributed by atoms with van der Waals surface area (Å²) >= 11 is 6.39. The second-order valence-corrected chi connectivity index (χ2v) is 6.78. The highest BCUT2D eigenvalue weighted by Crippen LogP contribution is 2.30. The third-order valence-electron chi connectivity index (χ3n) is 4.53. The number of nitrogens with zero attached hydrogens (tertiary/aromatic N) is 3. The van der Waals surface area contributed by atoms with Crippen molar-refractivity contribution in [1.29, 1.82) is 0 Å². The van der Waals surface area contributed by atoms with E-state index in [4.69, 9.17) is 16.0 Å². The molecular weight excluding hydrogens is 346 g/mol. The fraction of sp³-hybridized carbons (Fsp3) is 0.238. The molecule has 4 aromatic rings. The van der Waals surface area contributed by atoms with Crippen LogP contribution in [-0.2, 0) is 13.0 Å². The van der Waals surface area contributed by atoms with Crippen molar-refractivity contribution in [2.45, 2.75) is 32.7 Å². The Balaban J connectivity index is 1.79. The van der Waals surface area contributed by atoms with E-state index >= 15 is 0 Å². The van der Waals surface area contributed by atoms with E-state index in [0.717, 1.165) is 46.4 Å². The lowest BCUT2D eigenvalue weighted by Crippen LogP contribution is -2.02. The van der Waals surface area contributed by atoms with Crippen LogP contribution in [0.2, 0.25) is 5.02 Å². The molecule has 0 saturated carbocycles. The molecule has 0 saturated heterocycles. The van der Waals surface area contributed by atoms with Crippen molar-refractivity contribution in [3.05, 3.63) is 71.1 Å². The minimum atomic E-state index is 0.555. The molecule has 0 amide bonds. The summed E-state index contributed by atoms with van der Waals surface area (Å²) in [6.45, 7) is 2.80. The number of unbranched alkanes of at least 4 members (excludes halogenated alkanes) is 1. The molecule has 26 heavy (non-hydrogen) atoms. The molecule has 0 unspecified atom stereocenters. The maximum atomic E-state index is 6.39. The van der Waals surface area contributed by atoms with Crippen molar-refractivity contribution in [2.24, 2.45) is 0 Å². The van der Waals surface area contributed by atoms with Gasteiger partial charge in [-0.2, -0.15) is 0 Å². The highest BCUT2D eigenvalue weighted by Gasteiger charge is 2.17. The number of rotatable bonds is 6. The molecule has 0 radical (unpaired) electrons. The summed E-state index contributed by atoms with van der Waals surface area (Å²) in [5, 5.41) is 10.4. The van der Waals surface area contributed by atoms with Gasteiger partial charge in [-0.25, -0.2) is 0 Å². The van der Waals surface area contributed by atoms with Crippen molar-refractivity contribution in [3.63, 3.8) is 0 Å². The van der Waals surface area contributed by atoms with Gasteiger partial charge in [-0.05, 0) is 30.2 Å². The maximum Gasteiger partial charge on any atom is 0.264 e. The summed E-state index contributed by atoms with van der Waals surface area (Å²) in [6.07, 6.45) is 2.96. The summed E-state index contributed by atoms with van der Waals surface area (Å²) in [4.78, 5) is 0. The Bertz CT molecular complexity index is 1030. The molecule has 0 bridgehead atoms. The smallest absolute Gasteiger partial charge is 0.264 e. The van der Waals surface area contributed by atoms with Gasteiger partial charge < -0.3 is 8.98 Å². The van der Waals surface area contributed by atoms with Crippen molar-refractivity contribution in [3.8, 4) is 11.6 Å². The topological polar surface area (TPSA) is 43.9 Å². The summed E-state index contributed by atoms with van der Waals surface area (Å²) in [6, 6.07) is 18.3. The van der Waals surface area contributed by atoms with E-state index < -0.39 is 0 Å². The summed E-state index contributed by atoms with van der Waals surface area (Å²) < 4.78 is 8.12. The Morgan fingerprint density at radius 2 is 1.85 bits per heavy atom. The Morgan fingerprint density at radius 3 is 2.69 bits per heavy atom. The Hall–Kier alpha value is -2.59. The predicted octanol–water partition coefficient (Wildman–Crippen LogP) is 5.74. The lowest BCUT2D eigenvalue weighted by Gasteiger charge is -2.10. The first-order valence-electron chi connectivity index (χ1n) is 8.90. The van der Waals surface area contributed by atoms with E-state index in [0.29, 0.717) is 18.3 Å². The number of aryl methyl sites for hydroxylation is 1. The summed E-state index contributed by atoms with van der Waals surface area (Å²) in [5.41, 5.74) is 3.10. The zero-order valence-electron chi connectivity index (χ0n) is 14.7. The number of benzene rings is 2. The maximum absolute atomic E-state index is 6.39. The van der Waals surface area contributed by atoms with Crippen LogP contribution in [0.5, 0.6) is 0 Å². The van der Waals surface area contributed by atoms with Gasteiger partial charge >= 0.3 is 0 Å². The number of hydrogen-bond donors (Lipinski definition) is 0. The van der Waals surface area contributed by atoms with E-state index in [9.17, 15) is 0 Å². The van der Waals surface area contributed by atoms with Crippen LogP contribution in [0.4, 0.5) is 0 Å². The summed E-state index contributed by atoms with van der Waals surface area (Å²) in [5.74, 6) is 1.25. The van der Waals surface area contributed by atoms with Gasteiger partial charge in [-0.15, -0.1) is 10.2 Å². The third kappa shape index (κ3) is 3.25. The van der Waals surface area contributed by atoms with E-state index in [1.165, 1.54) is 0 Å². The third-order valence-corrected chi connectivity index (χ3v) is 4.90. The number of halogens is 1.